The smallest absolute Gasteiger partial charge is 0.291 e. The molecular formula is C14H31NO7PS+. The van der Waals surface area contributed by atoms with E-state index in [9.17, 15) is 13.2 Å². The van der Waals surface area contributed by atoms with Crippen LogP contribution in [0.15, 0.2) is 10.5 Å². The maximum Gasteiger partial charge on any atom is 0.291 e. The van der Waals surface area contributed by atoms with Crippen molar-refractivity contribution < 1.29 is 33.1 Å². The van der Waals surface area contributed by atoms with Crippen LogP contribution >= 0.6 is 7.26 Å². The van der Waals surface area contributed by atoms with Gasteiger partial charge < -0.3 is 21.1 Å². The molecule has 0 spiro atoms. The molecule has 0 aliphatic rings. The number of unbranched alkanes of at least 4 members (excludes halogenated alkanes) is 1. The summed E-state index contributed by atoms with van der Waals surface area (Å²) in [6.45, 7) is 5.07. The lowest BCUT2D eigenvalue weighted by Gasteiger charge is -2.19. The fourth-order valence-corrected chi connectivity index (χ4v) is 4.34. The summed E-state index contributed by atoms with van der Waals surface area (Å²) < 4.78 is 30.2. The summed E-state index contributed by atoms with van der Waals surface area (Å²) in [7, 11) is -6.08. The van der Waals surface area contributed by atoms with Crippen molar-refractivity contribution in [3.63, 3.8) is 0 Å². The Morgan fingerprint density at radius 1 is 1.04 bits per heavy atom. The van der Waals surface area contributed by atoms with E-state index in [-0.39, 0.29) is 35.9 Å². The topological polar surface area (TPSA) is 158 Å². The SMILES string of the molecule is CCC/C(=C(/C)C(N)=O)S(=O)(=O)O.CCCC[P+](CO)(CO)CO. The van der Waals surface area contributed by atoms with E-state index < -0.39 is 23.3 Å². The van der Waals surface area contributed by atoms with Gasteiger partial charge in [0, 0.05) is 5.57 Å². The summed E-state index contributed by atoms with van der Waals surface area (Å²) in [6.07, 6.45) is 3.37. The van der Waals surface area contributed by atoms with Gasteiger partial charge in [-0.3, -0.25) is 9.35 Å². The van der Waals surface area contributed by atoms with Crippen LogP contribution < -0.4 is 5.73 Å². The molecule has 8 nitrogen and oxygen atoms in total. The highest BCUT2D eigenvalue weighted by Crippen LogP contribution is 2.56. The minimum atomic E-state index is -4.29. The molecule has 0 atom stereocenters. The van der Waals surface area contributed by atoms with Crippen LogP contribution in [0.5, 0.6) is 0 Å². The van der Waals surface area contributed by atoms with Gasteiger partial charge in [0.25, 0.3) is 10.1 Å². The number of carbonyl (C=O) groups is 1. The number of allylic oxidation sites excluding steroid dienone is 1. The first-order valence-corrected chi connectivity index (χ1v) is 11.7. The van der Waals surface area contributed by atoms with Gasteiger partial charge in [0.2, 0.25) is 5.91 Å². The van der Waals surface area contributed by atoms with Crippen LogP contribution in [-0.4, -0.2) is 59.4 Å². The molecule has 0 saturated heterocycles. The number of amides is 1. The summed E-state index contributed by atoms with van der Waals surface area (Å²) in [6, 6.07) is 0. The van der Waals surface area contributed by atoms with Crippen LogP contribution in [-0.2, 0) is 14.9 Å². The molecule has 0 fully saturated rings. The first-order valence-electron chi connectivity index (χ1n) is 7.69. The molecule has 144 valence electrons. The fraction of sp³-hybridized carbons (Fsp3) is 0.786. The van der Waals surface area contributed by atoms with Crippen LogP contribution in [0.3, 0.4) is 0 Å². The third-order valence-corrected chi connectivity index (χ3v) is 7.66. The Hall–Kier alpha value is -0.570. The number of primary amides is 1. The molecular weight excluding hydrogens is 357 g/mol. The Morgan fingerprint density at radius 3 is 1.75 bits per heavy atom. The molecule has 0 rings (SSSR count). The van der Waals surface area contributed by atoms with Crippen molar-refractivity contribution in [2.45, 2.75) is 46.5 Å². The molecule has 0 aromatic heterocycles. The summed E-state index contributed by atoms with van der Waals surface area (Å²) in [5.41, 5.74) is 4.78. The van der Waals surface area contributed by atoms with Crippen molar-refractivity contribution in [1.82, 2.24) is 0 Å². The van der Waals surface area contributed by atoms with Crippen LogP contribution in [0.1, 0.15) is 46.5 Å². The molecule has 0 aromatic rings. The molecule has 0 radical (unpaired) electrons. The molecule has 24 heavy (non-hydrogen) atoms. The highest BCUT2D eigenvalue weighted by atomic mass is 32.2. The molecule has 0 aliphatic carbocycles. The van der Waals surface area contributed by atoms with E-state index in [2.05, 4.69) is 6.92 Å². The number of rotatable bonds is 10. The molecule has 0 unspecified atom stereocenters. The Morgan fingerprint density at radius 2 is 1.50 bits per heavy atom. The Balaban J connectivity index is 0. The Kier molecular flexibility index (Phi) is 13.6. The summed E-state index contributed by atoms with van der Waals surface area (Å²) in [4.78, 5) is 10.4. The molecule has 0 bridgehead atoms. The van der Waals surface area contributed by atoms with Crippen LogP contribution in [0.4, 0.5) is 0 Å². The van der Waals surface area contributed by atoms with Gasteiger partial charge in [0.1, 0.15) is 0 Å². The van der Waals surface area contributed by atoms with Gasteiger partial charge in [-0.25, -0.2) is 0 Å². The summed E-state index contributed by atoms with van der Waals surface area (Å²) >= 11 is 0. The number of hydrogen-bond acceptors (Lipinski definition) is 6. The van der Waals surface area contributed by atoms with Crippen LogP contribution in [0.2, 0.25) is 0 Å². The van der Waals surface area contributed by atoms with Gasteiger partial charge in [-0.2, -0.15) is 8.42 Å². The van der Waals surface area contributed by atoms with Crippen molar-refractivity contribution in [1.29, 1.82) is 0 Å². The van der Waals surface area contributed by atoms with E-state index in [1.807, 2.05) is 0 Å². The maximum atomic E-state index is 10.8. The average Bonchev–Trinajstić information content (AvgIpc) is 2.53. The third-order valence-electron chi connectivity index (χ3n) is 3.46. The van der Waals surface area contributed by atoms with Crippen LogP contribution in [0.25, 0.3) is 0 Å². The standard InChI is InChI=1S/C7H13NO4S.C7H18O3P/c1-3-4-6(13(10,11)12)5(2)7(8)9;1-2-3-4-11(5-8,6-9)7-10/h3-4H2,1-2H3,(H2,8,9)(H,10,11,12);8-10H,2-7H2,1H3/q;+1/b6-5+;. The zero-order valence-electron chi connectivity index (χ0n) is 14.6. The molecule has 0 aromatic carbocycles. The van der Waals surface area contributed by atoms with Crippen molar-refractivity contribution in [3.8, 4) is 0 Å². The molecule has 0 heterocycles. The molecule has 0 saturated carbocycles. The number of aliphatic hydroxyl groups is 3. The van der Waals surface area contributed by atoms with Gasteiger partial charge in [-0.1, -0.05) is 26.7 Å². The predicted octanol–water partition coefficient (Wildman–Crippen LogP) is 1.09. The summed E-state index contributed by atoms with van der Waals surface area (Å²) in [5, 5.41) is 26.8. The predicted molar refractivity (Wildman–Crippen MR) is 96.3 cm³/mol. The lowest BCUT2D eigenvalue weighted by atomic mass is 10.2. The zero-order valence-corrected chi connectivity index (χ0v) is 16.3. The van der Waals surface area contributed by atoms with E-state index in [0.717, 1.165) is 19.0 Å². The number of nitrogens with two attached hydrogens (primary N) is 1. The van der Waals surface area contributed by atoms with E-state index >= 15 is 0 Å². The van der Waals surface area contributed by atoms with Crippen molar-refractivity contribution in [3.05, 3.63) is 10.5 Å². The second kappa shape index (κ2) is 12.7. The third kappa shape index (κ3) is 9.66. The normalized spacial score (nSPS) is 13.0. The highest BCUT2D eigenvalue weighted by Gasteiger charge is 2.34. The van der Waals surface area contributed by atoms with Crippen molar-refractivity contribution in [2.75, 3.05) is 25.2 Å². The van der Waals surface area contributed by atoms with Gasteiger partial charge in [0.05, 0.1) is 18.3 Å². The number of carbonyl (C=O) groups excluding carboxylic acids is 1. The highest BCUT2D eigenvalue weighted by molar-refractivity contribution is 7.89. The van der Waals surface area contributed by atoms with Crippen molar-refractivity contribution in [2.24, 2.45) is 5.73 Å². The zero-order chi connectivity index (χ0) is 19.4. The van der Waals surface area contributed by atoms with Gasteiger partial charge in [0.15, 0.2) is 19.0 Å². The molecule has 10 heteroatoms. The van der Waals surface area contributed by atoms with Gasteiger partial charge >= 0.3 is 0 Å². The van der Waals surface area contributed by atoms with Gasteiger partial charge in [-0.05, 0) is 19.8 Å². The minimum Gasteiger partial charge on any atom is -0.366 e. The van der Waals surface area contributed by atoms with Crippen molar-refractivity contribution >= 4 is 23.3 Å². The molecule has 1 amide bonds. The molecule has 6 N–H and O–H groups in total. The maximum absolute atomic E-state index is 10.8. The average molecular weight is 388 g/mol. The quantitative estimate of drug-likeness (QED) is 0.213. The van der Waals surface area contributed by atoms with E-state index in [0.29, 0.717) is 6.42 Å². The monoisotopic (exact) mass is 388 g/mol. The Bertz CT molecular complexity index is 493. The second-order valence-corrected chi connectivity index (χ2v) is 10.9. The first kappa shape index (κ1) is 25.7. The minimum absolute atomic E-state index is 0.0278. The van der Waals surface area contributed by atoms with E-state index in [4.69, 9.17) is 25.6 Å². The second-order valence-electron chi connectivity index (χ2n) is 5.48. The lowest BCUT2D eigenvalue weighted by Crippen LogP contribution is -2.17. The Labute approximate surface area is 144 Å². The van der Waals surface area contributed by atoms with E-state index in [1.54, 1.807) is 6.92 Å². The lowest BCUT2D eigenvalue weighted by molar-refractivity contribution is -0.114. The first-order chi connectivity index (χ1) is 11.0. The number of aliphatic hydroxyl groups excluding tert-OH is 3. The number of hydrogen-bond donors (Lipinski definition) is 5. The largest absolute Gasteiger partial charge is 0.366 e. The van der Waals surface area contributed by atoms with E-state index in [1.165, 1.54) is 6.92 Å². The summed E-state index contributed by atoms with van der Waals surface area (Å²) in [5.74, 6) is -0.832. The molecule has 0 aliphatic heterocycles. The van der Waals surface area contributed by atoms with Crippen LogP contribution in [0, 0.1) is 0 Å². The van der Waals surface area contributed by atoms with Gasteiger partial charge in [-0.15, -0.1) is 0 Å². The fourth-order valence-electron chi connectivity index (χ4n) is 1.71.